The molecular formula is C17H24FN3O. The first-order valence-electron chi connectivity index (χ1n) is 7.37. The van der Waals surface area contributed by atoms with Crippen molar-refractivity contribution in [3.8, 4) is 6.07 Å². The molecule has 0 aliphatic rings. The Morgan fingerprint density at radius 3 is 2.36 bits per heavy atom. The first kappa shape index (κ1) is 18.1. The highest BCUT2D eigenvalue weighted by Gasteiger charge is 2.30. The number of nitrogens with zero attached hydrogens (tertiary/aromatic N) is 2. The molecule has 4 nitrogen and oxygen atoms in total. The van der Waals surface area contributed by atoms with Gasteiger partial charge in [-0.05, 0) is 44.5 Å². The van der Waals surface area contributed by atoms with Crippen molar-refractivity contribution in [3.05, 3.63) is 35.6 Å². The molecule has 22 heavy (non-hydrogen) atoms. The van der Waals surface area contributed by atoms with Crippen LogP contribution in [0.1, 0.15) is 39.3 Å². The number of nitrogens with one attached hydrogen (secondary N) is 1. The number of rotatable bonds is 6. The second-order valence-corrected chi connectivity index (χ2v) is 6.16. The fraction of sp³-hybridized carbons (Fsp3) is 0.529. The molecule has 1 aromatic rings. The van der Waals surface area contributed by atoms with E-state index in [9.17, 15) is 14.4 Å². The topological polar surface area (TPSA) is 56.1 Å². The third-order valence-corrected chi connectivity index (χ3v) is 4.19. The summed E-state index contributed by atoms with van der Waals surface area (Å²) in [7, 11) is 1.83. The van der Waals surface area contributed by atoms with E-state index >= 15 is 0 Å². The fourth-order valence-electron chi connectivity index (χ4n) is 1.99. The van der Waals surface area contributed by atoms with E-state index in [0.29, 0.717) is 0 Å². The van der Waals surface area contributed by atoms with Crippen LogP contribution in [0.2, 0.25) is 0 Å². The second-order valence-electron chi connectivity index (χ2n) is 6.16. The Kier molecular flexibility index (Phi) is 6.07. The van der Waals surface area contributed by atoms with Gasteiger partial charge < -0.3 is 5.32 Å². The van der Waals surface area contributed by atoms with Crippen LogP contribution in [0.5, 0.6) is 0 Å². The minimum atomic E-state index is -0.878. The standard InChI is InChI=1S/C17H24FN3O/c1-12(2)17(4,11-19)20-16(22)10-21(5)13(3)14-6-8-15(18)9-7-14/h6-9,12-13H,10H2,1-5H3,(H,20,22). The molecule has 5 heteroatoms. The Morgan fingerprint density at radius 2 is 1.91 bits per heavy atom. The van der Waals surface area contributed by atoms with Crippen LogP contribution in [0.4, 0.5) is 4.39 Å². The van der Waals surface area contributed by atoms with Gasteiger partial charge in [0.05, 0.1) is 12.6 Å². The maximum atomic E-state index is 13.0. The molecule has 0 heterocycles. The highest BCUT2D eigenvalue weighted by Crippen LogP contribution is 2.19. The van der Waals surface area contributed by atoms with Crippen LogP contribution in [0.25, 0.3) is 0 Å². The van der Waals surface area contributed by atoms with E-state index in [2.05, 4.69) is 11.4 Å². The SMILES string of the molecule is CC(c1ccc(F)cc1)N(C)CC(=O)NC(C)(C#N)C(C)C. The summed E-state index contributed by atoms with van der Waals surface area (Å²) in [5, 5.41) is 12.0. The summed E-state index contributed by atoms with van der Waals surface area (Å²) in [6, 6.07) is 8.36. The number of halogens is 1. The number of carbonyl (C=O) groups excluding carboxylic acids is 1. The van der Waals surface area contributed by atoms with E-state index in [4.69, 9.17) is 0 Å². The van der Waals surface area contributed by atoms with Crippen molar-refractivity contribution in [2.45, 2.75) is 39.3 Å². The third kappa shape index (κ3) is 4.54. The van der Waals surface area contributed by atoms with E-state index in [0.717, 1.165) is 5.56 Å². The Morgan fingerprint density at radius 1 is 1.36 bits per heavy atom. The maximum absolute atomic E-state index is 13.0. The molecule has 2 atom stereocenters. The number of carbonyl (C=O) groups is 1. The highest BCUT2D eigenvalue weighted by atomic mass is 19.1. The van der Waals surface area contributed by atoms with E-state index < -0.39 is 5.54 Å². The smallest absolute Gasteiger partial charge is 0.235 e. The molecule has 0 radical (unpaired) electrons. The molecule has 2 unspecified atom stereocenters. The molecule has 1 aromatic carbocycles. The van der Waals surface area contributed by atoms with Gasteiger partial charge in [0.15, 0.2) is 0 Å². The molecule has 1 amide bonds. The number of amides is 1. The lowest BCUT2D eigenvalue weighted by atomic mass is 9.90. The van der Waals surface area contributed by atoms with Crippen molar-refractivity contribution < 1.29 is 9.18 Å². The van der Waals surface area contributed by atoms with Crippen molar-refractivity contribution in [2.24, 2.45) is 5.92 Å². The summed E-state index contributed by atoms with van der Waals surface area (Å²) >= 11 is 0. The highest BCUT2D eigenvalue weighted by molar-refractivity contribution is 5.79. The van der Waals surface area contributed by atoms with Crippen LogP contribution in [0.3, 0.4) is 0 Å². The minimum absolute atomic E-state index is 0.0151. The van der Waals surface area contributed by atoms with Crippen molar-refractivity contribution >= 4 is 5.91 Å². The zero-order valence-corrected chi connectivity index (χ0v) is 13.9. The van der Waals surface area contributed by atoms with Gasteiger partial charge in [-0.2, -0.15) is 5.26 Å². The minimum Gasteiger partial charge on any atom is -0.337 e. The largest absolute Gasteiger partial charge is 0.337 e. The number of benzene rings is 1. The van der Waals surface area contributed by atoms with Crippen molar-refractivity contribution in [2.75, 3.05) is 13.6 Å². The molecule has 0 fully saturated rings. The van der Waals surface area contributed by atoms with Gasteiger partial charge in [-0.1, -0.05) is 26.0 Å². The first-order valence-corrected chi connectivity index (χ1v) is 7.37. The number of hydrogen-bond donors (Lipinski definition) is 1. The van der Waals surface area contributed by atoms with Gasteiger partial charge in [0.2, 0.25) is 5.91 Å². The van der Waals surface area contributed by atoms with E-state index in [1.165, 1.54) is 12.1 Å². The number of likely N-dealkylation sites (N-methyl/N-ethyl adjacent to an activating group) is 1. The normalized spacial score (nSPS) is 15.2. The molecule has 0 bridgehead atoms. The van der Waals surface area contributed by atoms with Crippen molar-refractivity contribution in [3.63, 3.8) is 0 Å². The van der Waals surface area contributed by atoms with Gasteiger partial charge in [-0.25, -0.2) is 4.39 Å². The summed E-state index contributed by atoms with van der Waals surface area (Å²) in [6.07, 6.45) is 0. The molecule has 1 N–H and O–H groups in total. The predicted molar refractivity (Wildman–Crippen MR) is 84.4 cm³/mol. The van der Waals surface area contributed by atoms with Gasteiger partial charge in [0.1, 0.15) is 11.4 Å². The lowest BCUT2D eigenvalue weighted by Gasteiger charge is -2.30. The molecule has 0 aromatic heterocycles. The van der Waals surface area contributed by atoms with Gasteiger partial charge in [-0.15, -0.1) is 0 Å². The predicted octanol–water partition coefficient (Wildman–Crippen LogP) is 2.87. The molecule has 1 rings (SSSR count). The number of nitriles is 1. The zero-order chi connectivity index (χ0) is 16.9. The summed E-state index contributed by atoms with van der Waals surface area (Å²) in [6.45, 7) is 7.64. The Balaban J connectivity index is 2.68. The second kappa shape index (κ2) is 7.37. The molecule has 0 spiro atoms. The molecule has 120 valence electrons. The van der Waals surface area contributed by atoms with Crippen LogP contribution in [-0.2, 0) is 4.79 Å². The van der Waals surface area contributed by atoms with Gasteiger partial charge in [-0.3, -0.25) is 9.69 Å². The van der Waals surface area contributed by atoms with Crippen LogP contribution in [0, 0.1) is 23.1 Å². The lowest BCUT2D eigenvalue weighted by Crippen LogP contribution is -2.51. The Hall–Kier alpha value is -1.93. The summed E-state index contributed by atoms with van der Waals surface area (Å²) in [5.41, 5.74) is 0.0560. The van der Waals surface area contributed by atoms with Crippen LogP contribution in [0.15, 0.2) is 24.3 Å². The van der Waals surface area contributed by atoms with Gasteiger partial charge in [0, 0.05) is 6.04 Å². The van der Waals surface area contributed by atoms with Crippen LogP contribution < -0.4 is 5.32 Å². The van der Waals surface area contributed by atoms with Crippen molar-refractivity contribution in [1.82, 2.24) is 10.2 Å². The van der Waals surface area contributed by atoms with E-state index in [1.54, 1.807) is 19.1 Å². The Labute approximate surface area is 131 Å². The molecule has 0 saturated carbocycles. The maximum Gasteiger partial charge on any atom is 0.235 e. The summed E-state index contributed by atoms with van der Waals surface area (Å²) in [5.74, 6) is -0.464. The monoisotopic (exact) mass is 305 g/mol. The average Bonchev–Trinajstić information content (AvgIpc) is 2.46. The van der Waals surface area contributed by atoms with Gasteiger partial charge in [0.25, 0.3) is 0 Å². The van der Waals surface area contributed by atoms with E-state index in [-0.39, 0.29) is 30.2 Å². The summed E-state index contributed by atoms with van der Waals surface area (Å²) in [4.78, 5) is 14.0. The molecule has 0 aliphatic carbocycles. The first-order chi connectivity index (χ1) is 10.2. The quantitative estimate of drug-likeness (QED) is 0.879. The number of hydrogen-bond acceptors (Lipinski definition) is 3. The van der Waals surface area contributed by atoms with E-state index in [1.807, 2.05) is 32.7 Å². The fourth-order valence-corrected chi connectivity index (χ4v) is 1.99. The van der Waals surface area contributed by atoms with Crippen molar-refractivity contribution in [1.29, 1.82) is 5.26 Å². The zero-order valence-electron chi connectivity index (χ0n) is 13.9. The molecule has 0 saturated heterocycles. The van der Waals surface area contributed by atoms with Gasteiger partial charge >= 0.3 is 0 Å². The van der Waals surface area contributed by atoms with Crippen LogP contribution >= 0.6 is 0 Å². The average molecular weight is 305 g/mol. The summed E-state index contributed by atoms with van der Waals surface area (Å²) < 4.78 is 13.0. The molecular weight excluding hydrogens is 281 g/mol. The Bertz CT molecular complexity index is 550. The molecule has 0 aliphatic heterocycles. The third-order valence-electron chi connectivity index (χ3n) is 4.19. The lowest BCUT2D eigenvalue weighted by molar-refractivity contribution is -0.124. The van der Waals surface area contributed by atoms with Crippen LogP contribution in [-0.4, -0.2) is 29.9 Å².